The molecule has 0 aromatic carbocycles. The highest BCUT2D eigenvalue weighted by molar-refractivity contribution is 8.03. The fraction of sp³-hybridized carbons (Fsp3) is 0.308. The first-order valence-electron chi connectivity index (χ1n) is 5.36. The molecular weight excluding hydrogens is 218 g/mol. The van der Waals surface area contributed by atoms with E-state index < -0.39 is 0 Å². The standard InChI is InChI=1S/C11H13NOS.C2H6/c1-3-5-9-10(6-4-2)14-8-7-12-11(9)13;1-2/h3-6H,1-2,7-8H2,(H,12,13);1-2H3/b9-5+,10-6+;. The third-order valence-electron chi connectivity index (χ3n) is 1.71. The Morgan fingerprint density at radius 1 is 1.25 bits per heavy atom. The van der Waals surface area contributed by atoms with Crippen LogP contribution in [0.1, 0.15) is 13.8 Å². The van der Waals surface area contributed by atoms with Crippen LogP contribution in [0.15, 0.2) is 47.9 Å². The summed E-state index contributed by atoms with van der Waals surface area (Å²) in [6, 6.07) is 0. The fourth-order valence-corrected chi connectivity index (χ4v) is 2.06. The van der Waals surface area contributed by atoms with Crippen LogP contribution in [-0.2, 0) is 4.79 Å². The van der Waals surface area contributed by atoms with Gasteiger partial charge in [0, 0.05) is 17.2 Å². The molecule has 1 rings (SSSR count). The van der Waals surface area contributed by atoms with Gasteiger partial charge in [0.05, 0.1) is 5.57 Å². The maximum atomic E-state index is 11.6. The lowest BCUT2D eigenvalue weighted by Gasteiger charge is -2.03. The average molecular weight is 237 g/mol. The Hall–Kier alpha value is -1.22. The predicted molar refractivity (Wildman–Crippen MR) is 73.4 cm³/mol. The Kier molecular flexibility index (Phi) is 8.35. The first-order chi connectivity index (χ1) is 7.79. The van der Waals surface area contributed by atoms with Crippen LogP contribution in [0.2, 0.25) is 0 Å². The molecule has 0 aliphatic carbocycles. The lowest BCUT2D eigenvalue weighted by atomic mass is 10.2. The summed E-state index contributed by atoms with van der Waals surface area (Å²) < 4.78 is 0. The molecule has 3 heteroatoms. The van der Waals surface area contributed by atoms with Crippen LogP contribution in [0.4, 0.5) is 0 Å². The van der Waals surface area contributed by atoms with Gasteiger partial charge in [0.25, 0.3) is 5.91 Å². The minimum Gasteiger partial charge on any atom is -0.351 e. The largest absolute Gasteiger partial charge is 0.351 e. The highest BCUT2D eigenvalue weighted by Gasteiger charge is 2.16. The summed E-state index contributed by atoms with van der Waals surface area (Å²) in [5.41, 5.74) is 0.669. The maximum absolute atomic E-state index is 11.6. The number of rotatable bonds is 2. The number of thioether (sulfide) groups is 1. The Balaban J connectivity index is 0.00000106. The molecule has 0 atom stereocenters. The number of hydrogen-bond donors (Lipinski definition) is 1. The first-order valence-corrected chi connectivity index (χ1v) is 6.35. The van der Waals surface area contributed by atoms with Gasteiger partial charge in [-0.2, -0.15) is 0 Å². The Morgan fingerprint density at radius 2 is 1.88 bits per heavy atom. The van der Waals surface area contributed by atoms with Crippen molar-refractivity contribution in [3.8, 4) is 0 Å². The van der Waals surface area contributed by atoms with E-state index in [0.29, 0.717) is 12.1 Å². The van der Waals surface area contributed by atoms with E-state index in [1.165, 1.54) is 0 Å². The van der Waals surface area contributed by atoms with Gasteiger partial charge in [-0.1, -0.05) is 39.2 Å². The van der Waals surface area contributed by atoms with Crippen molar-refractivity contribution in [2.45, 2.75) is 13.8 Å². The molecule has 2 nitrogen and oxygen atoms in total. The van der Waals surface area contributed by atoms with Gasteiger partial charge in [-0.25, -0.2) is 0 Å². The monoisotopic (exact) mass is 237 g/mol. The summed E-state index contributed by atoms with van der Waals surface area (Å²) in [4.78, 5) is 12.5. The van der Waals surface area contributed by atoms with Crippen molar-refractivity contribution in [1.82, 2.24) is 5.32 Å². The topological polar surface area (TPSA) is 29.1 Å². The van der Waals surface area contributed by atoms with Gasteiger partial charge in [0.15, 0.2) is 0 Å². The van der Waals surface area contributed by atoms with Crippen LogP contribution in [-0.4, -0.2) is 18.2 Å². The molecular formula is C13H19NOS. The predicted octanol–water partition coefficient (Wildman–Crippen LogP) is 3.06. The zero-order chi connectivity index (χ0) is 12.4. The first kappa shape index (κ1) is 14.8. The zero-order valence-corrected chi connectivity index (χ0v) is 10.8. The second-order valence-electron chi connectivity index (χ2n) is 2.69. The van der Waals surface area contributed by atoms with Crippen LogP contribution >= 0.6 is 11.8 Å². The van der Waals surface area contributed by atoms with Gasteiger partial charge >= 0.3 is 0 Å². The van der Waals surface area contributed by atoms with E-state index in [-0.39, 0.29) is 5.91 Å². The van der Waals surface area contributed by atoms with Crippen molar-refractivity contribution in [3.05, 3.63) is 47.9 Å². The molecule has 0 aromatic heterocycles. The Bertz CT molecular complexity index is 316. The van der Waals surface area contributed by atoms with Crippen molar-refractivity contribution in [1.29, 1.82) is 0 Å². The molecule has 0 unspecified atom stereocenters. The number of allylic oxidation sites excluding steroid dienone is 4. The van der Waals surface area contributed by atoms with Gasteiger partial charge < -0.3 is 5.32 Å². The highest BCUT2D eigenvalue weighted by atomic mass is 32.2. The van der Waals surface area contributed by atoms with Gasteiger partial charge in [0.1, 0.15) is 0 Å². The molecule has 88 valence electrons. The minimum absolute atomic E-state index is 0.0389. The SMILES string of the molecule is C=C/C=C1/C(=O)NCCS/C1=C/C=C.CC. The highest BCUT2D eigenvalue weighted by Crippen LogP contribution is 2.26. The summed E-state index contributed by atoms with van der Waals surface area (Å²) in [5.74, 6) is 0.850. The van der Waals surface area contributed by atoms with E-state index in [2.05, 4.69) is 18.5 Å². The molecule has 1 aliphatic rings. The molecule has 1 fully saturated rings. The lowest BCUT2D eigenvalue weighted by Crippen LogP contribution is -2.24. The molecule has 0 aromatic rings. The molecule has 0 spiro atoms. The van der Waals surface area contributed by atoms with E-state index in [9.17, 15) is 4.79 Å². The van der Waals surface area contributed by atoms with Crippen molar-refractivity contribution < 1.29 is 4.79 Å². The van der Waals surface area contributed by atoms with E-state index in [0.717, 1.165) is 10.7 Å². The van der Waals surface area contributed by atoms with E-state index in [1.807, 2.05) is 19.9 Å². The van der Waals surface area contributed by atoms with Gasteiger partial charge in [-0.3, -0.25) is 4.79 Å². The van der Waals surface area contributed by atoms with Crippen LogP contribution < -0.4 is 5.32 Å². The summed E-state index contributed by atoms with van der Waals surface area (Å²) in [6.45, 7) is 11.9. The Labute approximate surface area is 102 Å². The summed E-state index contributed by atoms with van der Waals surface area (Å²) >= 11 is 1.65. The summed E-state index contributed by atoms with van der Waals surface area (Å²) in [6.07, 6.45) is 6.89. The van der Waals surface area contributed by atoms with E-state index in [4.69, 9.17) is 0 Å². The number of carbonyl (C=O) groups is 1. The number of nitrogens with one attached hydrogen (secondary N) is 1. The van der Waals surface area contributed by atoms with Crippen LogP contribution in [0.5, 0.6) is 0 Å². The molecule has 1 amide bonds. The molecule has 1 aliphatic heterocycles. The van der Waals surface area contributed by atoms with Crippen LogP contribution in [0.25, 0.3) is 0 Å². The number of hydrogen-bond acceptors (Lipinski definition) is 2. The zero-order valence-electron chi connectivity index (χ0n) is 9.95. The number of amides is 1. The molecule has 1 heterocycles. The quantitative estimate of drug-likeness (QED) is 0.748. The normalized spacial score (nSPS) is 20.5. The molecule has 0 radical (unpaired) electrons. The fourth-order valence-electron chi connectivity index (χ4n) is 1.13. The van der Waals surface area contributed by atoms with Crippen molar-refractivity contribution in [2.24, 2.45) is 0 Å². The van der Waals surface area contributed by atoms with Gasteiger partial charge in [-0.05, 0) is 12.2 Å². The molecule has 0 saturated carbocycles. The smallest absolute Gasteiger partial charge is 0.252 e. The van der Waals surface area contributed by atoms with Gasteiger partial charge in [0.2, 0.25) is 0 Å². The molecule has 0 bridgehead atoms. The maximum Gasteiger partial charge on any atom is 0.252 e. The Morgan fingerprint density at radius 3 is 2.44 bits per heavy atom. The summed E-state index contributed by atoms with van der Waals surface area (Å²) in [7, 11) is 0. The second-order valence-corrected chi connectivity index (χ2v) is 3.82. The minimum atomic E-state index is -0.0389. The average Bonchev–Trinajstić information content (AvgIpc) is 2.48. The molecule has 1 saturated heterocycles. The third kappa shape index (κ3) is 4.53. The second kappa shape index (κ2) is 9.04. The van der Waals surface area contributed by atoms with Gasteiger partial charge in [-0.15, -0.1) is 11.8 Å². The molecule has 16 heavy (non-hydrogen) atoms. The van der Waals surface area contributed by atoms with Crippen LogP contribution in [0.3, 0.4) is 0 Å². The van der Waals surface area contributed by atoms with Crippen molar-refractivity contribution in [3.63, 3.8) is 0 Å². The van der Waals surface area contributed by atoms with Crippen LogP contribution in [0, 0.1) is 0 Å². The lowest BCUT2D eigenvalue weighted by molar-refractivity contribution is -0.117. The van der Waals surface area contributed by atoms with Crippen molar-refractivity contribution in [2.75, 3.05) is 12.3 Å². The summed E-state index contributed by atoms with van der Waals surface area (Å²) in [5, 5.41) is 2.82. The van der Waals surface area contributed by atoms with E-state index >= 15 is 0 Å². The number of carbonyl (C=O) groups excluding carboxylic acids is 1. The van der Waals surface area contributed by atoms with E-state index in [1.54, 1.807) is 30.0 Å². The van der Waals surface area contributed by atoms with Crippen molar-refractivity contribution >= 4 is 17.7 Å². The third-order valence-corrected chi connectivity index (χ3v) is 2.78. The molecule has 1 N–H and O–H groups in total.